The average Bonchev–Trinajstić information content (AvgIpc) is 2.43. The van der Waals surface area contributed by atoms with Crippen LogP contribution in [0.4, 0.5) is 0 Å². The molecule has 1 amide bonds. The van der Waals surface area contributed by atoms with Gasteiger partial charge >= 0.3 is 5.97 Å². The minimum Gasteiger partial charge on any atom is -0.465 e. The van der Waals surface area contributed by atoms with Gasteiger partial charge in [-0.05, 0) is 38.5 Å². The maximum Gasteiger partial charge on any atom is 0.337 e. The minimum absolute atomic E-state index is 0.0221. The van der Waals surface area contributed by atoms with Crippen LogP contribution in [-0.2, 0) is 16.1 Å². The predicted molar refractivity (Wildman–Crippen MR) is 77.4 cm³/mol. The summed E-state index contributed by atoms with van der Waals surface area (Å²) >= 11 is 0. The molecule has 0 heterocycles. The third-order valence-electron chi connectivity index (χ3n) is 2.81. The number of hydrogen-bond acceptors (Lipinski definition) is 4. The number of methoxy groups -OCH3 is 1. The van der Waals surface area contributed by atoms with E-state index in [9.17, 15) is 9.59 Å². The molecule has 0 aliphatic heterocycles. The highest BCUT2D eigenvalue weighted by molar-refractivity contribution is 5.89. The van der Waals surface area contributed by atoms with E-state index in [0.29, 0.717) is 12.1 Å². The smallest absolute Gasteiger partial charge is 0.337 e. The number of nitrogens with one attached hydrogen (secondary N) is 2. The van der Waals surface area contributed by atoms with E-state index in [1.807, 2.05) is 32.9 Å². The molecule has 0 saturated heterocycles. The van der Waals surface area contributed by atoms with E-state index in [4.69, 9.17) is 0 Å². The van der Waals surface area contributed by atoms with Crippen LogP contribution in [0.2, 0.25) is 0 Å². The van der Waals surface area contributed by atoms with Crippen molar-refractivity contribution in [3.63, 3.8) is 0 Å². The molecular formula is C15H22N2O3. The van der Waals surface area contributed by atoms with Crippen LogP contribution in [0.1, 0.15) is 36.7 Å². The molecule has 1 atom stereocenters. The van der Waals surface area contributed by atoms with E-state index in [2.05, 4.69) is 15.4 Å². The van der Waals surface area contributed by atoms with Crippen LogP contribution in [0, 0.1) is 0 Å². The van der Waals surface area contributed by atoms with Crippen LogP contribution in [0.25, 0.3) is 0 Å². The van der Waals surface area contributed by atoms with E-state index in [1.54, 1.807) is 12.1 Å². The minimum atomic E-state index is -0.353. The van der Waals surface area contributed by atoms with Crippen LogP contribution in [0.3, 0.4) is 0 Å². The molecule has 5 heteroatoms. The van der Waals surface area contributed by atoms with Crippen molar-refractivity contribution < 1.29 is 14.3 Å². The normalized spacial score (nSPS) is 12.1. The Morgan fingerprint density at radius 1 is 1.15 bits per heavy atom. The van der Waals surface area contributed by atoms with Gasteiger partial charge in [0.15, 0.2) is 0 Å². The van der Waals surface area contributed by atoms with Gasteiger partial charge in [-0.15, -0.1) is 0 Å². The fourth-order valence-corrected chi connectivity index (χ4v) is 1.65. The summed E-state index contributed by atoms with van der Waals surface area (Å²) in [5.41, 5.74) is 1.52. The SMILES string of the molecule is COC(=O)c1ccc(CNC(C)C(=O)NC(C)C)cc1. The molecule has 20 heavy (non-hydrogen) atoms. The number of carbonyl (C=O) groups excluding carboxylic acids is 2. The third-order valence-corrected chi connectivity index (χ3v) is 2.81. The first kappa shape index (κ1) is 16.2. The Hall–Kier alpha value is -1.88. The van der Waals surface area contributed by atoms with Gasteiger partial charge in [-0.3, -0.25) is 4.79 Å². The zero-order valence-corrected chi connectivity index (χ0v) is 12.4. The average molecular weight is 278 g/mol. The highest BCUT2D eigenvalue weighted by Crippen LogP contribution is 2.05. The highest BCUT2D eigenvalue weighted by Gasteiger charge is 2.12. The van der Waals surface area contributed by atoms with Crippen molar-refractivity contribution in [2.75, 3.05) is 7.11 Å². The Morgan fingerprint density at radius 3 is 2.25 bits per heavy atom. The van der Waals surface area contributed by atoms with Gasteiger partial charge < -0.3 is 15.4 Å². The number of rotatable bonds is 6. The maximum absolute atomic E-state index is 11.7. The van der Waals surface area contributed by atoms with Crippen molar-refractivity contribution in [2.45, 2.75) is 39.4 Å². The Balaban J connectivity index is 2.49. The van der Waals surface area contributed by atoms with Gasteiger partial charge in [-0.2, -0.15) is 0 Å². The molecule has 0 radical (unpaired) electrons. The number of amides is 1. The van der Waals surface area contributed by atoms with Gasteiger partial charge in [0, 0.05) is 12.6 Å². The molecule has 0 bridgehead atoms. The summed E-state index contributed by atoms with van der Waals surface area (Å²) in [7, 11) is 1.35. The zero-order valence-electron chi connectivity index (χ0n) is 12.4. The molecule has 1 aromatic rings. The van der Waals surface area contributed by atoms with Crippen molar-refractivity contribution >= 4 is 11.9 Å². The van der Waals surface area contributed by atoms with Crippen molar-refractivity contribution in [2.24, 2.45) is 0 Å². The lowest BCUT2D eigenvalue weighted by molar-refractivity contribution is -0.123. The van der Waals surface area contributed by atoms with E-state index in [-0.39, 0.29) is 24.0 Å². The molecule has 110 valence electrons. The molecule has 1 unspecified atom stereocenters. The molecule has 5 nitrogen and oxygen atoms in total. The summed E-state index contributed by atoms with van der Waals surface area (Å²) in [5.74, 6) is -0.375. The Bertz CT molecular complexity index is 455. The number of carbonyl (C=O) groups is 2. The first-order valence-corrected chi connectivity index (χ1v) is 6.65. The summed E-state index contributed by atoms with van der Waals surface area (Å²) in [4.78, 5) is 23.0. The van der Waals surface area contributed by atoms with Gasteiger partial charge in [0.25, 0.3) is 0 Å². The van der Waals surface area contributed by atoms with Gasteiger partial charge in [-0.25, -0.2) is 4.79 Å². The van der Waals surface area contributed by atoms with Crippen LogP contribution >= 0.6 is 0 Å². The molecule has 0 aliphatic rings. The molecule has 0 fully saturated rings. The second-order valence-electron chi connectivity index (χ2n) is 4.95. The molecule has 1 rings (SSSR count). The monoisotopic (exact) mass is 278 g/mol. The second kappa shape index (κ2) is 7.65. The van der Waals surface area contributed by atoms with Gasteiger partial charge in [0.2, 0.25) is 5.91 Å². The number of esters is 1. The van der Waals surface area contributed by atoms with Gasteiger partial charge in [0.05, 0.1) is 18.7 Å². The first-order chi connectivity index (χ1) is 9.43. The van der Waals surface area contributed by atoms with E-state index >= 15 is 0 Å². The van der Waals surface area contributed by atoms with E-state index in [1.165, 1.54) is 7.11 Å². The molecule has 0 aliphatic carbocycles. The number of hydrogen-bond donors (Lipinski definition) is 2. The number of benzene rings is 1. The molecule has 0 aromatic heterocycles. The standard InChI is InChI=1S/C15H22N2O3/c1-10(2)17-14(18)11(3)16-9-12-5-7-13(8-6-12)15(19)20-4/h5-8,10-11,16H,9H2,1-4H3,(H,17,18). The first-order valence-electron chi connectivity index (χ1n) is 6.65. The predicted octanol–water partition coefficient (Wildman–Crippen LogP) is 1.48. The quantitative estimate of drug-likeness (QED) is 0.773. The summed E-state index contributed by atoms with van der Waals surface area (Å²) < 4.78 is 4.64. The van der Waals surface area contributed by atoms with Crippen molar-refractivity contribution in [1.82, 2.24) is 10.6 Å². The topological polar surface area (TPSA) is 67.4 Å². The highest BCUT2D eigenvalue weighted by atomic mass is 16.5. The van der Waals surface area contributed by atoms with Crippen molar-refractivity contribution in [3.05, 3.63) is 35.4 Å². The Morgan fingerprint density at radius 2 is 1.75 bits per heavy atom. The van der Waals surface area contributed by atoms with Crippen LogP contribution in [-0.4, -0.2) is 31.1 Å². The molecule has 2 N–H and O–H groups in total. The molecule has 0 spiro atoms. The summed E-state index contributed by atoms with van der Waals surface area (Å²) in [6.07, 6.45) is 0. The van der Waals surface area contributed by atoms with Crippen molar-refractivity contribution in [3.8, 4) is 0 Å². The Kier molecular flexibility index (Phi) is 6.18. The van der Waals surface area contributed by atoms with Crippen LogP contribution in [0.15, 0.2) is 24.3 Å². The third kappa shape index (κ3) is 5.01. The largest absolute Gasteiger partial charge is 0.465 e. The van der Waals surface area contributed by atoms with E-state index < -0.39 is 0 Å². The van der Waals surface area contributed by atoms with Gasteiger partial charge in [0.1, 0.15) is 0 Å². The summed E-state index contributed by atoms with van der Waals surface area (Å²) in [6.45, 7) is 6.24. The molecule has 1 aromatic carbocycles. The lowest BCUT2D eigenvalue weighted by Gasteiger charge is -2.16. The number of ether oxygens (including phenoxy) is 1. The summed E-state index contributed by atoms with van der Waals surface area (Å²) in [5, 5.41) is 5.99. The zero-order chi connectivity index (χ0) is 15.1. The van der Waals surface area contributed by atoms with Crippen LogP contribution in [0.5, 0.6) is 0 Å². The second-order valence-corrected chi connectivity index (χ2v) is 4.95. The lowest BCUT2D eigenvalue weighted by Crippen LogP contribution is -2.44. The molecule has 0 saturated carbocycles. The maximum atomic E-state index is 11.7. The lowest BCUT2D eigenvalue weighted by atomic mass is 10.1. The van der Waals surface area contributed by atoms with Crippen LogP contribution < -0.4 is 10.6 Å². The Labute approximate surface area is 119 Å². The van der Waals surface area contributed by atoms with E-state index in [0.717, 1.165) is 5.56 Å². The van der Waals surface area contributed by atoms with Crippen molar-refractivity contribution in [1.29, 1.82) is 0 Å². The fourth-order valence-electron chi connectivity index (χ4n) is 1.65. The summed E-state index contributed by atoms with van der Waals surface area (Å²) in [6, 6.07) is 6.96. The fraction of sp³-hybridized carbons (Fsp3) is 0.467. The van der Waals surface area contributed by atoms with Gasteiger partial charge in [-0.1, -0.05) is 12.1 Å². The molecular weight excluding hydrogens is 256 g/mol.